The molecule has 9 heteroatoms. The molecule has 0 radical (unpaired) electrons. The van der Waals surface area contributed by atoms with Gasteiger partial charge < -0.3 is 10.2 Å². The summed E-state index contributed by atoms with van der Waals surface area (Å²) in [6.45, 7) is 4.91. The van der Waals surface area contributed by atoms with Gasteiger partial charge in [0.05, 0.1) is 10.6 Å². The number of sulfonamides is 1. The summed E-state index contributed by atoms with van der Waals surface area (Å²) in [6.07, 6.45) is 5.00. The molecular weight excluding hydrogens is 541 g/mol. The van der Waals surface area contributed by atoms with Crippen LogP contribution in [0.3, 0.4) is 0 Å². The molecule has 218 valence electrons. The number of anilines is 1. The molecule has 3 aromatic carbocycles. The highest BCUT2D eigenvalue weighted by Gasteiger charge is 2.33. The zero-order valence-electron chi connectivity index (χ0n) is 23.8. The summed E-state index contributed by atoms with van der Waals surface area (Å²) in [6, 6.07) is 18.2. The maximum Gasteiger partial charge on any atom is 0.264 e. The van der Waals surface area contributed by atoms with Gasteiger partial charge in [-0.15, -0.1) is 0 Å². The van der Waals surface area contributed by atoms with Gasteiger partial charge in [0.2, 0.25) is 11.8 Å². The molecule has 3 aromatic rings. The van der Waals surface area contributed by atoms with Crippen molar-refractivity contribution >= 4 is 27.5 Å². The predicted octanol–water partition coefficient (Wildman–Crippen LogP) is 5.50. The highest BCUT2D eigenvalue weighted by Crippen LogP contribution is 2.25. The Morgan fingerprint density at radius 3 is 2.02 bits per heavy atom. The molecule has 1 saturated carbocycles. The number of carbonyl (C=O) groups is 2. The quantitative estimate of drug-likeness (QED) is 0.344. The SMILES string of the molecule is Cc1ccc(N(CC(=O)N(Cc2ccc(F)cc2)[C@H](C)C(=O)NC2CCCCC2)S(=O)(=O)c2ccc(C)cc2)cc1. The van der Waals surface area contributed by atoms with Gasteiger partial charge in [-0.3, -0.25) is 13.9 Å². The Kier molecular flexibility index (Phi) is 9.81. The van der Waals surface area contributed by atoms with Gasteiger partial charge in [-0.05, 0) is 75.6 Å². The Balaban J connectivity index is 1.66. The van der Waals surface area contributed by atoms with Crippen LogP contribution >= 0.6 is 0 Å². The van der Waals surface area contributed by atoms with E-state index < -0.39 is 34.3 Å². The highest BCUT2D eigenvalue weighted by molar-refractivity contribution is 7.92. The van der Waals surface area contributed by atoms with Gasteiger partial charge in [-0.2, -0.15) is 0 Å². The van der Waals surface area contributed by atoms with Gasteiger partial charge in [-0.25, -0.2) is 12.8 Å². The molecule has 1 N–H and O–H groups in total. The molecular formula is C32H38FN3O4S. The van der Waals surface area contributed by atoms with Crippen LogP contribution in [0, 0.1) is 19.7 Å². The van der Waals surface area contributed by atoms with E-state index in [9.17, 15) is 22.4 Å². The van der Waals surface area contributed by atoms with Gasteiger partial charge in [0, 0.05) is 12.6 Å². The minimum absolute atomic E-state index is 0.0185. The summed E-state index contributed by atoms with van der Waals surface area (Å²) < 4.78 is 42.5. The topological polar surface area (TPSA) is 86.8 Å². The first kappa shape index (κ1) is 30.2. The molecule has 1 atom stereocenters. The van der Waals surface area contributed by atoms with Crippen molar-refractivity contribution in [3.8, 4) is 0 Å². The number of benzene rings is 3. The molecule has 4 rings (SSSR count). The Bertz CT molecular complexity index is 1440. The maximum absolute atomic E-state index is 14.0. The van der Waals surface area contributed by atoms with Crippen LogP contribution < -0.4 is 9.62 Å². The third kappa shape index (κ3) is 7.73. The fourth-order valence-electron chi connectivity index (χ4n) is 5.02. The number of halogens is 1. The lowest BCUT2D eigenvalue weighted by Crippen LogP contribution is -2.53. The molecule has 0 unspecified atom stereocenters. The van der Waals surface area contributed by atoms with E-state index in [1.54, 1.807) is 55.5 Å². The summed E-state index contributed by atoms with van der Waals surface area (Å²) >= 11 is 0. The standard InChI is InChI=1S/C32H38FN3O4S/c1-23-9-17-29(18-10-23)36(41(39,40)30-19-11-24(2)12-20-30)22-31(37)35(21-26-13-15-27(33)16-14-26)25(3)32(38)34-28-7-5-4-6-8-28/h9-20,25,28H,4-8,21-22H2,1-3H3,(H,34,38)/t25-/m1/s1. The van der Waals surface area contributed by atoms with Crippen molar-refractivity contribution in [3.05, 3.63) is 95.3 Å². The lowest BCUT2D eigenvalue weighted by Gasteiger charge is -2.33. The van der Waals surface area contributed by atoms with Gasteiger partial charge in [0.15, 0.2) is 0 Å². The second kappa shape index (κ2) is 13.3. The first-order valence-corrected chi connectivity index (χ1v) is 15.5. The second-order valence-electron chi connectivity index (χ2n) is 10.8. The van der Waals surface area contributed by atoms with Crippen molar-refractivity contribution in [2.24, 2.45) is 0 Å². The molecule has 41 heavy (non-hydrogen) atoms. The van der Waals surface area contributed by atoms with Crippen molar-refractivity contribution in [1.29, 1.82) is 0 Å². The van der Waals surface area contributed by atoms with Crippen molar-refractivity contribution < 1.29 is 22.4 Å². The lowest BCUT2D eigenvalue weighted by molar-refractivity contribution is -0.139. The van der Waals surface area contributed by atoms with Gasteiger partial charge in [0.25, 0.3) is 10.0 Å². The van der Waals surface area contributed by atoms with Crippen LogP contribution in [-0.4, -0.2) is 43.8 Å². The van der Waals surface area contributed by atoms with Crippen LogP contribution in [0.4, 0.5) is 10.1 Å². The van der Waals surface area contributed by atoms with Gasteiger partial charge >= 0.3 is 0 Å². The van der Waals surface area contributed by atoms with Crippen molar-refractivity contribution in [3.63, 3.8) is 0 Å². The van der Waals surface area contributed by atoms with E-state index in [-0.39, 0.29) is 23.4 Å². The molecule has 0 spiro atoms. The minimum Gasteiger partial charge on any atom is -0.352 e. The number of nitrogens with zero attached hydrogens (tertiary/aromatic N) is 2. The highest BCUT2D eigenvalue weighted by atomic mass is 32.2. The molecule has 1 aliphatic rings. The maximum atomic E-state index is 14.0. The first-order valence-electron chi connectivity index (χ1n) is 14.0. The average Bonchev–Trinajstić information content (AvgIpc) is 2.96. The largest absolute Gasteiger partial charge is 0.352 e. The van der Waals surface area contributed by atoms with E-state index in [2.05, 4.69) is 5.32 Å². The van der Waals surface area contributed by atoms with Crippen LogP contribution in [0.1, 0.15) is 55.7 Å². The normalized spacial score (nSPS) is 14.7. The summed E-state index contributed by atoms with van der Waals surface area (Å²) in [5.74, 6) is -1.25. The van der Waals surface area contributed by atoms with Crippen molar-refractivity contribution in [2.45, 2.75) is 76.4 Å². The lowest BCUT2D eigenvalue weighted by atomic mass is 9.95. The number of hydrogen-bond donors (Lipinski definition) is 1. The van der Waals surface area contributed by atoms with Gasteiger partial charge in [-0.1, -0.05) is 66.8 Å². The molecule has 0 aromatic heterocycles. The number of hydrogen-bond acceptors (Lipinski definition) is 4. The Labute approximate surface area is 242 Å². The van der Waals surface area contributed by atoms with Crippen LogP contribution in [-0.2, 0) is 26.2 Å². The van der Waals surface area contributed by atoms with Crippen LogP contribution in [0.5, 0.6) is 0 Å². The minimum atomic E-state index is -4.12. The van der Waals surface area contributed by atoms with Gasteiger partial charge in [0.1, 0.15) is 18.4 Å². The van der Waals surface area contributed by atoms with Crippen LogP contribution in [0.2, 0.25) is 0 Å². The summed E-state index contributed by atoms with van der Waals surface area (Å²) in [5.41, 5.74) is 2.81. The third-order valence-electron chi connectivity index (χ3n) is 7.59. The van der Waals surface area contributed by atoms with E-state index in [4.69, 9.17) is 0 Å². The smallest absolute Gasteiger partial charge is 0.264 e. The Morgan fingerprint density at radius 1 is 0.878 bits per heavy atom. The third-order valence-corrected chi connectivity index (χ3v) is 9.38. The summed E-state index contributed by atoms with van der Waals surface area (Å²) in [4.78, 5) is 28.8. The predicted molar refractivity (Wildman–Crippen MR) is 158 cm³/mol. The molecule has 1 aliphatic carbocycles. The fourth-order valence-corrected chi connectivity index (χ4v) is 6.43. The molecule has 0 heterocycles. The average molecular weight is 580 g/mol. The molecule has 1 fully saturated rings. The van der Waals surface area contributed by atoms with Crippen molar-refractivity contribution in [2.75, 3.05) is 10.8 Å². The van der Waals surface area contributed by atoms with Crippen LogP contribution in [0.15, 0.2) is 77.7 Å². The van der Waals surface area contributed by atoms with E-state index in [0.29, 0.717) is 11.3 Å². The van der Waals surface area contributed by atoms with Crippen molar-refractivity contribution in [1.82, 2.24) is 10.2 Å². The molecule has 0 saturated heterocycles. The van der Waals surface area contributed by atoms with E-state index in [0.717, 1.165) is 47.5 Å². The monoisotopic (exact) mass is 579 g/mol. The fraction of sp³-hybridized carbons (Fsp3) is 0.375. The zero-order chi connectivity index (χ0) is 29.6. The zero-order valence-corrected chi connectivity index (χ0v) is 24.7. The summed E-state index contributed by atoms with van der Waals surface area (Å²) in [5, 5.41) is 3.08. The molecule has 2 amide bonds. The van der Waals surface area contributed by atoms with E-state index in [1.807, 2.05) is 13.8 Å². The van der Waals surface area contributed by atoms with E-state index >= 15 is 0 Å². The Hall–Kier alpha value is -3.72. The number of carbonyl (C=O) groups excluding carboxylic acids is 2. The molecule has 0 aliphatic heterocycles. The Morgan fingerprint density at radius 2 is 1.44 bits per heavy atom. The van der Waals surface area contributed by atoms with Crippen LogP contribution in [0.25, 0.3) is 0 Å². The first-order chi connectivity index (χ1) is 19.5. The number of amides is 2. The number of rotatable bonds is 10. The summed E-state index contributed by atoms with van der Waals surface area (Å²) in [7, 11) is -4.12. The second-order valence-corrected chi connectivity index (χ2v) is 12.7. The number of nitrogens with one attached hydrogen (secondary N) is 1. The molecule has 0 bridgehead atoms. The number of aryl methyl sites for hydroxylation is 2. The molecule has 7 nitrogen and oxygen atoms in total. The van der Waals surface area contributed by atoms with E-state index in [1.165, 1.54) is 29.2 Å².